The molecule has 0 heterocycles. The zero-order valence-electron chi connectivity index (χ0n) is 14.4. The van der Waals surface area contributed by atoms with Gasteiger partial charge in [0.15, 0.2) is 0 Å². The molecule has 2 N–H and O–H groups in total. The van der Waals surface area contributed by atoms with Crippen LogP contribution in [0.2, 0.25) is 0 Å². The van der Waals surface area contributed by atoms with Crippen LogP contribution in [0.1, 0.15) is 20.7 Å². The highest BCUT2D eigenvalue weighted by Crippen LogP contribution is 2.31. The number of carboxylic acid groups (broad SMARTS) is 1. The number of methoxy groups -OCH3 is 1. The largest absolute Gasteiger partial charge is 0.495 e. The number of carboxylic acids is 1. The number of benzene rings is 3. The number of rotatable bonds is 5. The van der Waals surface area contributed by atoms with Crippen molar-refractivity contribution in [2.45, 2.75) is 0 Å². The van der Waals surface area contributed by atoms with E-state index in [0.717, 1.165) is 4.47 Å². The Morgan fingerprint density at radius 1 is 0.926 bits per heavy atom. The van der Waals surface area contributed by atoms with Crippen molar-refractivity contribution in [3.05, 3.63) is 82.3 Å². The molecule has 0 bridgehead atoms. The molecule has 0 aliphatic carbocycles. The quantitative estimate of drug-likeness (QED) is 0.597. The van der Waals surface area contributed by atoms with Gasteiger partial charge in [0.05, 0.1) is 18.4 Å². The van der Waals surface area contributed by atoms with Gasteiger partial charge in [0.2, 0.25) is 0 Å². The number of ether oxygens (including phenoxy) is 1. The molecule has 0 saturated heterocycles. The molecule has 0 saturated carbocycles. The Bertz CT molecular complexity index is 1020. The van der Waals surface area contributed by atoms with Crippen LogP contribution in [0.4, 0.5) is 5.69 Å². The van der Waals surface area contributed by atoms with Crippen molar-refractivity contribution in [2.24, 2.45) is 0 Å². The van der Waals surface area contributed by atoms with Gasteiger partial charge in [-0.2, -0.15) is 0 Å². The highest BCUT2D eigenvalue weighted by Gasteiger charge is 2.18. The SMILES string of the molecule is COc1cc(Br)ccc1NC(=O)c1ccccc1-c1ccccc1C(=O)O. The standard InChI is InChI=1S/C21H16BrNO4/c1-27-19-12-13(22)10-11-18(19)23-20(24)16-8-4-2-6-14(16)15-7-3-5-9-17(15)21(25)26/h2-12H,1H3,(H,23,24)(H,25,26). The lowest BCUT2D eigenvalue weighted by Gasteiger charge is -2.14. The monoisotopic (exact) mass is 425 g/mol. The van der Waals surface area contributed by atoms with E-state index in [9.17, 15) is 14.7 Å². The first kappa shape index (κ1) is 18.7. The van der Waals surface area contributed by atoms with E-state index in [4.69, 9.17) is 4.74 Å². The van der Waals surface area contributed by atoms with Gasteiger partial charge in [0, 0.05) is 10.0 Å². The second-order valence-electron chi connectivity index (χ2n) is 5.70. The number of nitrogens with one attached hydrogen (secondary N) is 1. The van der Waals surface area contributed by atoms with E-state index in [1.807, 2.05) is 0 Å². The van der Waals surface area contributed by atoms with Crippen LogP contribution in [-0.2, 0) is 0 Å². The van der Waals surface area contributed by atoms with E-state index in [2.05, 4.69) is 21.2 Å². The van der Waals surface area contributed by atoms with Crippen molar-refractivity contribution in [3.63, 3.8) is 0 Å². The van der Waals surface area contributed by atoms with Crippen molar-refractivity contribution in [1.29, 1.82) is 0 Å². The first-order chi connectivity index (χ1) is 13.0. The van der Waals surface area contributed by atoms with E-state index in [0.29, 0.717) is 28.1 Å². The first-order valence-electron chi connectivity index (χ1n) is 8.08. The average Bonchev–Trinajstić information content (AvgIpc) is 2.69. The highest BCUT2D eigenvalue weighted by atomic mass is 79.9. The molecular formula is C21H16BrNO4. The van der Waals surface area contributed by atoms with Crippen LogP contribution >= 0.6 is 15.9 Å². The summed E-state index contributed by atoms with van der Waals surface area (Å²) in [6.45, 7) is 0. The molecular weight excluding hydrogens is 410 g/mol. The summed E-state index contributed by atoms with van der Waals surface area (Å²) in [5.74, 6) is -0.886. The summed E-state index contributed by atoms with van der Waals surface area (Å²) in [4.78, 5) is 24.5. The second kappa shape index (κ2) is 8.05. The fraction of sp³-hybridized carbons (Fsp3) is 0.0476. The summed E-state index contributed by atoms with van der Waals surface area (Å²) in [6.07, 6.45) is 0. The van der Waals surface area contributed by atoms with Crippen molar-refractivity contribution >= 4 is 33.5 Å². The van der Waals surface area contributed by atoms with Gasteiger partial charge in [-0.25, -0.2) is 4.79 Å². The van der Waals surface area contributed by atoms with Gasteiger partial charge in [-0.3, -0.25) is 4.79 Å². The number of anilines is 1. The molecule has 3 aromatic rings. The minimum Gasteiger partial charge on any atom is -0.495 e. The summed E-state index contributed by atoms with van der Waals surface area (Å²) in [5, 5.41) is 12.3. The molecule has 3 aromatic carbocycles. The highest BCUT2D eigenvalue weighted by molar-refractivity contribution is 9.10. The topological polar surface area (TPSA) is 75.6 Å². The molecule has 0 aliphatic rings. The van der Waals surface area contributed by atoms with Crippen molar-refractivity contribution in [3.8, 4) is 16.9 Å². The van der Waals surface area contributed by atoms with Gasteiger partial charge in [0.25, 0.3) is 5.91 Å². The molecule has 0 aromatic heterocycles. The van der Waals surface area contributed by atoms with Crippen LogP contribution in [-0.4, -0.2) is 24.1 Å². The second-order valence-corrected chi connectivity index (χ2v) is 6.61. The van der Waals surface area contributed by atoms with Gasteiger partial charge in [-0.05, 0) is 41.5 Å². The predicted molar refractivity (Wildman–Crippen MR) is 107 cm³/mol. The van der Waals surface area contributed by atoms with E-state index < -0.39 is 5.97 Å². The van der Waals surface area contributed by atoms with Crippen LogP contribution in [0, 0.1) is 0 Å². The van der Waals surface area contributed by atoms with Crippen LogP contribution in [0.15, 0.2) is 71.2 Å². The smallest absolute Gasteiger partial charge is 0.336 e. The zero-order chi connectivity index (χ0) is 19.4. The van der Waals surface area contributed by atoms with E-state index >= 15 is 0 Å². The number of carbonyl (C=O) groups is 2. The minimum atomic E-state index is -1.05. The lowest BCUT2D eigenvalue weighted by Crippen LogP contribution is -2.14. The Kier molecular flexibility index (Phi) is 5.57. The fourth-order valence-corrected chi connectivity index (χ4v) is 3.12. The van der Waals surface area contributed by atoms with Crippen LogP contribution < -0.4 is 10.1 Å². The number of hydrogen-bond acceptors (Lipinski definition) is 3. The summed E-state index contributed by atoms with van der Waals surface area (Å²) in [5.41, 5.74) is 2.06. The lowest BCUT2D eigenvalue weighted by atomic mass is 9.95. The normalized spacial score (nSPS) is 10.3. The number of aromatic carboxylic acids is 1. The Hall–Kier alpha value is -3.12. The van der Waals surface area contributed by atoms with Crippen molar-refractivity contribution in [1.82, 2.24) is 0 Å². The predicted octanol–water partition coefficient (Wildman–Crippen LogP) is 5.08. The number of halogens is 1. The van der Waals surface area contributed by atoms with Gasteiger partial charge in [-0.15, -0.1) is 0 Å². The third-order valence-electron chi connectivity index (χ3n) is 4.03. The van der Waals surface area contributed by atoms with Gasteiger partial charge in [-0.1, -0.05) is 52.3 Å². The molecule has 136 valence electrons. The third-order valence-corrected chi connectivity index (χ3v) is 4.52. The molecule has 1 amide bonds. The summed E-state index contributed by atoms with van der Waals surface area (Å²) in [7, 11) is 1.52. The maximum Gasteiger partial charge on any atom is 0.336 e. The average molecular weight is 426 g/mol. The van der Waals surface area contributed by atoms with Gasteiger partial charge < -0.3 is 15.2 Å². The molecule has 0 aliphatic heterocycles. The van der Waals surface area contributed by atoms with Crippen molar-refractivity contribution in [2.75, 3.05) is 12.4 Å². The maximum absolute atomic E-state index is 12.9. The van der Waals surface area contributed by atoms with Crippen LogP contribution in [0.5, 0.6) is 5.75 Å². The zero-order valence-corrected chi connectivity index (χ0v) is 16.0. The molecule has 0 radical (unpaired) electrons. The maximum atomic E-state index is 12.9. The Morgan fingerprint density at radius 2 is 1.52 bits per heavy atom. The van der Waals surface area contributed by atoms with E-state index in [-0.39, 0.29) is 11.5 Å². The van der Waals surface area contributed by atoms with E-state index in [1.54, 1.807) is 60.7 Å². The Balaban J connectivity index is 2.02. The van der Waals surface area contributed by atoms with Gasteiger partial charge in [0.1, 0.15) is 5.75 Å². The molecule has 0 unspecified atom stereocenters. The molecule has 6 heteroatoms. The summed E-state index contributed by atoms with van der Waals surface area (Å²) < 4.78 is 6.13. The van der Waals surface area contributed by atoms with E-state index in [1.165, 1.54) is 13.2 Å². The van der Waals surface area contributed by atoms with Crippen LogP contribution in [0.25, 0.3) is 11.1 Å². The Morgan fingerprint density at radius 3 is 2.15 bits per heavy atom. The fourth-order valence-electron chi connectivity index (χ4n) is 2.78. The molecule has 27 heavy (non-hydrogen) atoms. The lowest BCUT2D eigenvalue weighted by molar-refractivity contribution is 0.0697. The molecule has 0 spiro atoms. The Labute approximate surface area is 164 Å². The third kappa shape index (κ3) is 4.01. The van der Waals surface area contributed by atoms with Crippen molar-refractivity contribution < 1.29 is 19.4 Å². The number of hydrogen-bond donors (Lipinski definition) is 2. The molecule has 3 rings (SSSR count). The summed E-state index contributed by atoms with van der Waals surface area (Å²) in [6, 6.07) is 18.8. The number of amides is 1. The first-order valence-corrected chi connectivity index (χ1v) is 8.87. The van der Waals surface area contributed by atoms with Crippen LogP contribution in [0.3, 0.4) is 0 Å². The number of carbonyl (C=O) groups excluding carboxylic acids is 1. The summed E-state index contributed by atoms with van der Waals surface area (Å²) >= 11 is 3.36. The molecule has 5 nitrogen and oxygen atoms in total. The molecule has 0 fully saturated rings. The van der Waals surface area contributed by atoms with Gasteiger partial charge >= 0.3 is 5.97 Å². The minimum absolute atomic E-state index is 0.138. The molecule has 0 atom stereocenters.